The standard InChI is InChI=1S/C29H35N5OS/c1-33(2)24-18-17-23(20-13-7-8-14-21(20)24)30-29(36)32-27-28(35)34(3)25-16-10-9-15-22(25)26(31-27)19-11-5-4-6-12-19/h7-10,13-21,27H,4-6,11-12H2,1-3H3,(H2,30,32,36). The fraction of sp³-hybridized carbons (Fsp3) is 0.414. The molecule has 188 valence electrons. The average molecular weight is 502 g/mol. The normalized spacial score (nSPS) is 25.6. The Bertz CT molecular complexity index is 1190. The van der Waals surface area contributed by atoms with Crippen LogP contribution in [0.4, 0.5) is 5.69 Å². The van der Waals surface area contributed by atoms with Crippen LogP contribution in [-0.4, -0.2) is 48.9 Å². The number of benzene rings is 1. The van der Waals surface area contributed by atoms with Crippen LogP contribution >= 0.6 is 12.2 Å². The number of fused-ring (bicyclic) bond motifs is 2. The van der Waals surface area contributed by atoms with Crippen molar-refractivity contribution in [3.8, 4) is 0 Å². The van der Waals surface area contributed by atoms with Crippen molar-refractivity contribution in [2.75, 3.05) is 26.0 Å². The molecule has 1 aliphatic heterocycles. The maximum atomic E-state index is 13.5. The molecule has 36 heavy (non-hydrogen) atoms. The summed E-state index contributed by atoms with van der Waals surface area (Å²) in [5.74, 6) is 0.662. The molecule has 3 atom stereocenters. The lowest BCUT2D eigenvalue weighted by Gasteiger charge is -2.35. The van der Waals surface area contributed by atoms with Gasteiger partial charge in [0.05, 0.1) is 11.4 Å². The summed E-state index contributed by atoms with van der Waals surface area (Å²) in [4.78, 5) is 22.4. The fourth-order valence-electron chi connectivity index (χ4n) is 5.79. The van der Waals surface area contributed by atoms with Gasteiger partial charge in [0, 0.05) is 55.9 Å². The van der Waals surface area contributed by atoms with E-state index >= 15 is 0 Å². The number of rotatable bonds is 4. The second kappa shape index (κ2) is 10.4. The molecule has 3 unspecified atom stereocenters. The van der Waals surface area contributed by atoms with Gasteiger partial charge < -0.3 is 20.4 Å². The minimum absolute atomic E-state index is 0.108. The number of hydrogen-bond donors (Lipinski definition) is 2. The highest BCUT2D eigenvalue weighted by Crippen LogP contribution is 2.36. The van der Waals surface area contributed by atoms with Crippen LogP contribution in [0.1, 0.15) is 37.7 Å². The smallest absolute Gasteiger partial charge is 0.272 e. The molecule has 3 aliphatic carbocycles. The van der Waals surface area contributed by atoms with E-state index in [9.17, 15) is 4.79 Å². The van der Waals surface area contributed by atoms with E-state index in [1.54, 1.807) is 4.90 Å². The van der Waals surface area contributed by atoms with Gasteiger partial charge in [0.25, 0.3) is 5.91 Å². The molecule has 1 aromatic rings. The zero-order valence-corrected chi connectivity index (χ0v) is 22.1. The first kappa shape index (κ1) is 24.5. The van der Waals surface area contributed by atoms with E-state index in [4.69, 9.17) is 17.2 Å². The quantitative estimate of drug-likeness (QED) is 0.594. The van der Waals surface area contributed by atoms with Gasteiger partial charge in [-0.15, -0.1) is 0 Å². The fourth-order valence-corrected chi connectivity index (χ4v) is 6.02. The van der Waals surface area contributed by atoms with Gasteiger partial charge in [0.15, 0.2) is 5.11 Å². The third kappa shape index (κ3) is 4.76. The second-order valence-corrected chi connectivity index (χ2v) is 10.6. The van der Waals surface area contributed by atoms with E-state index in [2.05, 4.69) is 72.2 Å². The topological polar surface area (TPSA) is 60.0 Å². The van der Waals surface area contributed by atoms with Gasteiger partial charge in [-0.25, -0.2) is 0 Å². The number of nitrogens with zero attached hydrogens (tertiary/aromatic N) is 3. The highest BCUT2D eigenvalue weighted by molar-refractivity contribution is 7.80. The van der Waals surface area contributed by atoms with Crippen LogP contribution < -0.4 is 15.5 Å². The van der Waals surface area contributed by atoms with Gasteiger partial charge in [-0.2, -0.15) is 0 Å². The van der Waals surface area contributed by atoms with Gasteiger partial charge in [0.2, 0.25) is 6.17 Å². The third-order valence-corrected chi connectivity index (χ3v) is 7.90. The molecular weight excluding hydrogens is 466 g/mol. The number of carbonyl (C=O) groups excluding carboxylic acids is 1. The zero-order valence-electron chi connectivity index (χ0n) is 21.3. The Kier molecular flexibility index (Phi) is 7.10. The summed E-state index contributed by atoms with van der Waals surface area (Å²) in [6.45, 7) is 0. The Hall–Kier alpha value is -3.19. The Labute approximate surface area is 219 Å². The molecule has 7 heteroatoms. The van der Waals surface area contributed by atoms with Gasteiger partial charge >= 0.3 is 0 Å². The molecule has 1 aromatic carbocycles. The van der Waals surface area contributed by atoms with Gasteiger partial charge in [0.1, 0.15) is 0 Å². The summed E-state index contributed by atoms with van der Waals surface area (Å²) >= 11 is 5.73. The first-order valence-corrected chi connectivity index (χ1v) is 13.3. The number of aliphatic imine (C=N–C) groups is 1. The van der Waals surface area contributed by atoms with Crippen molar-refractivity contribution in [2.45, 2.75) is 38.3 Å². The van der Waals surface area contributed by atoms with Crippen molar-refractivity contribution >= 4 is 34.6 Å². The Morgan fingerprint density at radius 2 is 1.78 bits per heavy atom. The number of amides is 1. The molecule has 1 fully saturated rings. The lowest BCUT2D eigenvalue weighted by atomic mass is 9.80. The predicted octanol–water partition coefficient (Wildman–Crippen LogP) is 4.52. The van der Waals surface area contributed by atoms with Crippen LogP contribution in [0.3, 0.4) is 0 Å². The Balaban J connectivity index is 1.40. The first-order valence-electron chi connectivity index (χ1n) is 12.9. The minimum atomic E-state index is -0.769. The largest absolute Gasteiger partial charge is 0.380 e. The number of allylic oxidation sites excluding steroid dienone is 6. The summed E-state index contributed by atoms with van der Waals surface area (Å²) < 4.78 is 0. The van der Waals surface area contributed by atoms with Crippen LogP contribution in [0.5, 0.6) is 0 Å². The summed E-state index contributed by atoms with van der Waals surface area (Å²) in [5.41, 5.74) is 5.26. The molecule has 0 spiro atoms. The van der Waals surface area contributed by atoms with Gasteiger partial charge in [-0.1, -0.05) is 61.8 Å². The van der Waals surface area contributed by atoms with Gasteiger partial charge in [-0.05, 0) is 43.3 Å². The zero-order chi connectivity index (χ0) is 25.2. The molecular formula is C29H35N5OS. The van der Waals surface area contributed by atoms with E-state index in [1.807, 2.05) is 25.2 Å². The maximum absolute atomic E-state index is 13.5. The molecule has 1 heterocycles. The number of thiocarbonyl (C=S) groups is 1. The molecule has 0 radical (unpaired) electrons. The Morgan fingerprint density at radius 3 is 2.53 bits per heavy atom. The van der Waals surface area contributed by atoms with Crippen LogP contribution in [0, 0.1) is 17.8 Å². The van der Waals surface area contributed by atoms with Crippen molar-refractivity contribution in [3.05, 3.63) is 77.7 Å². The van der Waals surface area contributed by atoms with Crippen LogP contribution in [-0.2, 0) is 4.79 Å². The lowest BCUT2D eigenvalue weighted by molar-refractivity contribution is -0.119. The van der Waals surface area contributed by atoms with Crippen LogP contribution in [0.25, 0.3) is 0 Å². The van der Waals surface area contributed by atoms with E-state index < -0.39 is 6.17 Å². The number of likely N-dealkylation sites (N-methyl/N-ethyl adjacent to an activating group) is 1. The molecule has 0 aromatic heterocycles. The van der Waals surface area contributed by atoms with Crippen molar-refractivity contribution in [1.29, 1.82) is 0 Å². The Morgan fingerprint density at radius 1 is 1.06 bits per heavy atom. The number of para-hydroxylation sites is 1. The minimum Gasteiger partial charge on any atom is -0.380 e. The van der Waals surface area contributed by atoms with Crippen molar-refractivity contribution < 1.29 is 4.79 Å². The predicted molar refractivity (Wildman–Crippen MR) is 151 cm³/mol. The van der Waals surface area contributed by atoms with E-state index in [0.29, 0.717) is 11.0 Å². The highest BCUT2D eigenvalue weighted by Gasteiger charge is 2.34. The van der Waals surface area contributed by atoms with Crippen molar-refractivity contribution in [1.82, 2.24) is 15.5 Å². The van der Waals surface area contributed by atoms with E-state index in [1.165, 1.54) is 25.0 Å². The number of benzodiazepines with no additional fused rings is 1. The molecule has 1 amide bonds. The molecule has 0 bridgehead atoms. The average Bonchev–Trinajstić information content (AvgIpc) is 3.00. The van der Waals surface area contributed by atoms with Gasteiger partial charge in [-0.3, -0.25) is 9.79 Å². The van der Waals surface area contributed by atoms with Crippen LogP contribution in [0.2, 0.25) is 0 Å². The monoisotopic (exact) mass is 501 g/mol. The van der Waals surface area contributed by atoms with Crippen LogP contribution in [0.15, 0.2) is 77.1 Å². The molecule has 5 rings (SSSR count). The lowest BCUT2D eigenvalue weighted by Crippen LogP contribution is -2.50. The summed E-state index contributed by atoms with van der Waals surface area (Å²) in [5, 5.41) is 7.05. The summed E-state index contributed by atoms with van der Waals surface area (Å²) in [6, 6.07) is 8.11. The highest BCUT2D eigenvalue weighted by atomic mass is 32.1. The van der Waals surface area contributed by atoms with E-state index in [0.717, 1.165) is 35.5 Å². The number of hydrogen-bond acceptors (Lipinski definition) is 4. The number of nitrogens with one attached hydrogen (secondary N) is 2. The first-order chi connectivity index (χ1) is 17.4. The molecule has 4 aliphatic rings. The summed E-state index contributed by atoms with van der Waals surface area (Å²) in [6.07, 6.45) is 17.9. The molecule has 2 N–H and O–H groups in total. The molecule has 6 nitrogen and oxygen atoms in total. The van der Waals surface area contributed by atoms with Crippen molar-refractivity contribution in [3.63, 3.8) is 0 Å². The molecule has 1 saturated carbocycles. The number of carbonyl (C=O) groups is 1. The second-order valence-electron chi connectivity index (χ2n) is 10.2. The molecule has 0 saturated heterocycles. The maximum Gasteiger partial charge on any atom is 0.272 e. The third-order valence-electron chi connectivity index (χ3n) is 7.68. The SMILES string of the molecule is CN(C)C1=CC=C(NC(=S)NC2N=C(C3CCCCC3)c3ccccc3N(C)C2=O)C2C=CC=CC12. The van der Waals surface area contributed by atoms with E-state index in [-0.39, 0.29) is 17.7 Å². The number of anilines is 1. The summed E-state index contributed by atoms with van der Waals surface area (Å²) in [7, 11) is 5.97. The van der Waals surface area contributed by atoms with Crippen molar-refractivity contribution in [2.24, 2.45) is 22.7 Å².